The molecule has 0 saturated heterocycles. The van der Waals surface area contributed by atoms with Gasteiger partial charge in [-0.1, -0.05) is 34.7 Å². The Morgan fingerprint density at radius 1 is 0.871 bits per heavy atom. The van der Waals surface area contributed by atoms with Crippen LogP contribution >= 0.6 is 7.80 Å². The van der Waals surface area contributed by atoms with Crippen LogP contribution in [0.1, 0.15) is 69.5 Å². The molecule has 1 atom stereocenters. The van der Waals surface area contributed by atoms with Crippen LogP contribution in [0.4, 0.5) is 0 Å². The van der Waals surface area contributed by atoms with Gasteiger partial charge in [0.05, 0.1) is 14.2 Å². The Morgan fingerprint density at radius 3 is 1.87 bits per heavy atom. The second kappa shape index (κ2) is 9.32. The number of hydrogen-bond donors (Lipinski definition) is 0. The summed E-state index contributed by atoms with van der Waals surface area (Å²) in [5, 5.41) is -1.21. The summed E-state index contributed by atoms with van der Waals surface area (Å²) in [6, 6.07) is 8.93. The van der Waals surface area contributed by atoms with Gasteiger partial charge in [0.25, 0.3) is 0 Å². The Morgan fingerprint density at radius 2 is 1.39 bits per heavy atom. The van der Waals surface area contributed by atoms with Gasteiger partial charge in [-0.2, -0.15) is 0 Å². The third kappa shape index (κ3) is 4.16. The molecule has 0 aromatic heterocycles. The smallest absolute Gasteiger partial charge is 0.434 e. The van der Waals surface area contributed by atoms with Crippen molar-refractivity contribution in [3.8, 4) is 11.5 Å². The molecule has 0 aliphatic heterocycles. The SMILES string of the molecule is COc1cccc(OC)c1C(=O)[P+](=O)C1(C(=O)c2c(C)cc(C)cc2C)CCCCC1. The minimum Gasteiger partial charge on any atom is -0.496 e. The Bertz CT molecular complexity index is 989. The lowest BCUT2D eigenvalue weighted by molar-refractivity contribution is 0.0901. The fourth-order valence-electron chi connectivity index (χ4n) is 4.79. The van der Waals surface area contributed by atoms with E-state index < -0.39 is 18.5 Å². The lowest BCUT2D eigenvalue weighted by atomic mass is 9.80. The van der Waals surface area contributed by atoms with Crippen LogP contribution in [-0.4, -0.2) is 30.7 Å². The number of Topliss-reactive ketones (excluding diaryl/α,β-unsaturated/α-hetero) is 1. The molecule has 0 heterocycles. The molecule has 1 unspecified atom stereocenters. The molecule has 164 valence electrons. The van der Waals surface area contributed by atoms with Crippen molar-refractivity contribution in [1.29, 1.82) is 0 Å². The number of hydrogen-bond acceptors (Lipinski definition) is 5. The van der Waals surface area contributed by atoms with Crippen LogP contribution in [0.3, 0.4) is 0 Å². The standard InChI is InChI=1S/C25H30O5P/c1-16-14-17(2)21(18(3)15-16)23(26)25(12-7-6-8-13-25)31(28)24(27)22-19(29-4)10-9-11-20(22)30-5/h9-11,14-15H,6-8,12-13H2,1-5H3/q+1. The molecule has 0 bridgehead atoms. The van der Waals surface area contributed by atoms with Crippen molar-refractivity contribution in [3.05, 3.63) is 58.1 Å². The maximum absolute atomic E-state index is 14.0. The van der Waals surface area contributed by atoms with Gasteiger partial charge in [-0.05, 0) is 56.9 Å². The van der Waals surface area contributed by atoms with E-state index >= 15 is 0 Å². The summed E-state index contributed by atoms with van der Waals surface area (Å²) in [4.78, 5) is 27.5. The molecule has 1 fully saturated rings. The lowest BCUT2D eigenvalue weighted by Gasteiger charge is -2.27. The molecule has 6 heteroatoms. The van der Waals surface area contributed by atoms with Gasteiger partial charge in [0.15, 0.2) is 5.56 Å². The minimum atomic E-state index is -2.56. The lowest BCUT2D eigenvalue weighted by Crippen LogP contribution is -2.39. The molecule has 2 aromatic rings. The average molecular weight is 441 g/mol. The van der Waals surface area contributed by atoms with E-state index in [0.717, 1.165) is 36.0 Å². The predicted octanol–water partition coefficient (Wildman–Crippen LogP) is 6.18. The first-order valence-corrected chi connectivity index (χ1v) is 11.9. The summed E-state index contributed by atoms with van der Waals surface area (Å²) in [5.74, 6) is 0.424. The highest BCUT2D eigenvalue weighted by Gasteiger charge is 2.61. The van der Waals surface area contributed by atoms with E-state index in [-0.39, 0.29) is 11.3 Å². The number of methoxy groups -OCH3 is 2. The van der Waals surface area contributed by atoms with Crippen molar-refractivity contribution in [3.63, 3.8) is 0 Å². The first-order chi connectivity index (χ1) is 14.8. The van der Waals surface area contributed by atoms with Crippen LogP contribution in [0.5, 0.6) is 11.5 Å². The third-order valence-corrected chi connectivity index (χ3v) is 8.24. The molecule has 1 aliphatic rings. The maximum Gasteiger partial charge on any atom is 0.434 e. The highest BCUT2D eigenvalue weighted by atomic mass is 31.1. The van der Waals surface area contributed by atoms with E-state index in [2.05, 4.69) is 0 Å². The number of rotatable bonds is 7. The van der Waals surface area contributed by atoms with Gasteiger partial charge < -0.3 is 9.47 Å². The number of ketones is 1. The van der Waals surface area contributed by atoms with Crippen LogP contribution < -0.4 is 9.47 Å². The largest absolute Gasteiger partial charge is 0.496 e. The highest BCUT2D eigenvalue weighted by molar-refractivity contribution is 7.67. The Labute approximate surface area is 184 Å². The van der Waals surface area contributed by atoms with Gasteiger partial charge in [-0.15, -0.1) is 0 Å². The van der Waals surface area contributed by atoms with Crippen LogP contribution in [0.2, 0.25) is 0 Å². The summed E-state index contributed by atoms with van der Waals surface area (Å²) in [7, 11) is 0.357. The topological polar surface area (TPSA) is 69.7 Å². The minimum absolute atomic E-state index is 0.142. The molecular formula is C25H30O5P+. The second-order valence-corrected chi connectivity index (χ2v) is 10.2. The predicted molar refractivity (Wildman–Crippen MR) is 122 cm³/mol. The molecule has 0 spiro atoms. The van der Waals surface area contributed by atoms with Gasteiger partial charge in [0.2, 0.25) is 10.9 Å². The van der Waals surface area contributed by atoms with Gasteiger partial charge in [0, 0.05) is 18.4 Å². The summed E-state index contributed by atoms with van der Waals surface area (Å²) >= 11 is 0. The van der Waals surface area contributed by atoms with Crippen molar-refractivity contribution in [2.75, 3.05) is 14.2 Å². The Balaban J connectivity index is 2.13. The van der Waals surface area contributed by atoms with Crippen molar-refractivity contribution in [1.82, 2.24) is 0 Å². The third-order valence-electron chi connectivity index (χ3n) is 6.22. The first kappa shape index (κ1) is 23.1. The number of aryl methyl sites for hydroxylation is 3. The molecule has 1 saturated carbocycles. The van der Waals surface area contributed by atoms with Crippen molar-refractivity contribution >= 4 is 19.1 Å². The summed E-state index contributed by atoms with van der Waals surface area (Å²) in [5.41, 5.74) is 2.95. The van der Waals surface area contributed by atoms with Crippen molar-refractivity contribution in [2.24, 2.45) is 0 Å². The molecule has 1 aliphatic carbocycles. The fourth-order valence-corrected chi connectivity index (χ4v) is 6.62. The normalized spacial score (nSPS) is 15.8. The van der Waals surface area contributed by atoms with Crippen LogP contribution in [0.25, 0.3) is 0 Å². The second-order valence-electron chi connectivity index (χ2n) is 8.33. The number of carbonyl (C=O) groups excluding carboxylic acids is 2. The zero-order valence-corrected chi connectivity index (χ0v) is 19.8. The summed E-state index contributed by atoms with van der Waals surface area (Å²) in [6.45, 7) is 5.80. The van der Waals surface area contributed by atoms with E-state index in [1.807, 2.05) is 32.9 Å². The Hall–Kier alpha value is -2.52. The molecule has 3 rings (SSSR count). The molecule has 31 heavy (non-hydrogen) atoms. The van der Waals surface area contributed by atoms with E-state index in [9.17, 15) is 14.2 Å². The van der Waals surface area contributed by atoms with Gasteiger partial charge in [0.1, 0.15) is 11.5 Å². The molecule has 5 nitrogen and oxygen atoms in total. The molecule has 0 N–H and O–H groups in total. The summed E-state index contributed by atoms with van der Waals surface area (Å²) in [6.07, 6.45) is 3.39. The van der Waals surface area contributed by atoms with Crippen molar-refractivity contribution in [2.45, 2.75) is 58.0 Å². The van der Waals surface area contributed by atoms with E-state index in [1.54, 1.807) is 18.2 Å². The molecule has 0 radical (unpaired) electrons. The summed E-state index contributed by atoms with van der Waals surface area (Å²) < 4.78 is 24.7. The maximum atomic E-state index is 14.0. The quantitative estimate of drug-likeness (QED) is 0.379. The zero-order chi connectivity index (χ0) is 22.8. The highest BCUT2D eigenvalue weighted by Crippen LogP contribution is 2.54. The van der Waals surface area contributed by atoms with Gasteiger partial charge in [-0.25, -0.2) is 4.79 Å². The number of carbonyl (C=O) groups is 2. The first-order valence-electron chi connectivity index (χ1n) is 10.6. The van der Waals surface area contributed by atoms with Crippen LogP contribution in [-0.2, 0) is 4.57 Å². The number of benzene rings is 2. The van der Waals surface area contributed by atoms with Crippen molar-refractivity contribution < 1.29 is 23.6 Å². The fraction of sp³-hybridized carbons (Fsp3) is 0.440. The van der Waals surface area contributed by atoms with Gasteiger partial charge in [-0.3, -0.25) is 4.79 Å². The van der Waals surface area contributed by atoms with E-state index in [1.165, 1.54) is 14.2 Å². The monoisotopic (exact) mass is 441 g/mol. The van der Waals surface area contributed by atoms with Crippen LogP contribution in [0.15, 0.2) is 30.3 Å². The van der Waals surface area contributed by atoms with Crippen LogP contribution in [0, 0.1) is 20.8 Å². The molecular weight excluding hydrogens is 411 g/mol. The molecule has 0 amide bonds. The zero-order valence-electron chi connectivity index (χ0n) is 18.9. The average Bonchev–Trinajstić information content (AvgIpc) is 2.77. The molecule has 2 aromatic carbocycles. The van der Waals surface area contributed by atoms with Gasteiger partial charge >= 0.3 is 13.3 Å². The van der Waals surface area contributed by atoms with E-state index in [0.29, 0.717) is 29.9 Å². The number of ether oxygens (including phenoxy) is 2. The van der Waals surface area contributed by atoms with E-state index in [4.69, 9.17) is 9.47 Å². The Kier molecular flexibility index (Phi) is 6.96.